The molecule has 0 aromatic heterocycles. The van der Waals surface area contributed by atoms with Crippen LogP contribution in [0.3, 0.4) is 0 Å². The number of hydrogen-bond donors (Lipinski definition) is 2. The van der Waals surface area contributed by atoms with E-state index in [1.807, 2.05) is 6.92 Å². The van der Waals surface area contributed by atoms with Crippen molar-refractivity contribution in [1.82, 2.24) is 15.6 Å². The molecule has 1 aromatic rings. The van der Waals surface area contributed by atoms with Gasteiger partial charge in [-0.05, 0) is 30.7 Å². The molecule has 0 saturated carbocycles. The molecule has 0 atom stereocenters. The van der Waals surface area contributed by atoms with E-state index in [1.165, 1.54) is 13.3 Å². The molecule has 1 aliphatic heterocycles. The lowest BCUT2D eigenvalue weighted by molar-refractivity contribution is -0.138. The summed E-state index contributed by atoms with van der Waals surface area (Å²) in [6.45, 7) is 4.29. The second kappa shape index (κ2) is 10.9. The molecule has 28 heavy (non-hydrogen) atoms. The number of benzene rings is 1. The topological polar surface area (TPSA) is 119 Å². The molecule has 0 unspecified atom stereocenters. The normalized spacial score (nSPS) is 13.9. The summed E-state index contributed by atoms with van der Waals surface area (Å²) >= 11 is 0. The van der Waals surface area contributed by atoms with Gasteiger partial charge >= 0.3 is 11.8 Å². The molecule has 1 saturated heterocycles. The van der Waals surface area contributed by atoms with Gasteiger partial charge in [-0.15, -0.1) is 0 Å². The van der Waals surface area contributed by atoms with Gasteiger partial charge < -0.3 is 24.4 Å². The van der Waals surface area contributed by atoms with Crippen LogP contribution in [0.1, 0.15) is 12.5 Å². The van der Waals surface area contributed by atoms with Crippen molar-refractivity contribution in [3.63, 3.8) is 0 Å². The number of morpholine rings is 1. The van der Waals surface area contributed by atoms with Gasteiger partial charge in [0.05, 0.1) is 26.0 Å². The quantitative estimate of drug-likeness (QED) is 0.368. The van der Waals surface area contributed by atoms with E-state index in [0.29, 0.717) is 50.0 Å². The van der Waals surface area contributed by atoms with Gasteiger partial charge in [0.2, 0.25) is 0 Å². The minimum absolute atomic E-state index is 0.101. The number of likely N-dealkylation sites (N-methyl/N-ethyl adjacent to an activating group) is 1. The zero-order chi connectivity index (χ0) is 20.4. The number of rotatable bonds is 7. The Morgan fingerprint density at radius 1 is 1.18 bits per heavy atom. The summed E-state index contributed by atoms with van der Waals surface area (Å²) in [5, 5.41) is 5.92. The number of hydrazone groups is 1. The number of nitrogens with zero attached hydrogens (tertiary/aromatic N) is 2. The second-order valence-electron chi connectivity index (χ2n) is 5.70. The molecule has 10 heteroatoms. The third-order valence-corrected chi connectivity index (χ3v) is 3.80. The molecule has 1 aromatic carbocycles. The highest BCUT2D eigenvalue weighted by Crippen LogP contribution is 2.28. The molecular weight excluding hydrogens is 368 g/mol. The molecule has 0 spiro atoms. The van der Waals surface area contributed by atoms with Crippen molar-refractivity contribution in [2.45, 2.75) is 6.92 Å². The van der Waals surface area contributed by atoms with E-state index in [2.05, 4.69) is 15.8 Å². The Balaban J connectivity index is 1.98. The number of amides is 3. The first kappa shape index (κ1) is 21.2. The molecule has 152 valence electrons. The van der Waals surface area contributed by atoms with Gasteiger partial charge in [0.1, 0.15) is 0 Å². The van der Waals surface area contributed by atoms with Crippen LogP contribution < -0.4 is 20.2 Å². The van der Waals surface area contributed by atoms with Crippen molar-refractivity contribution < 1.29 is 28.6 Å². The Hall–Kier alpha value is -3.14. The van der Waals surface area contributed by atoms with Crippen molar-refractivity contribution in [3.8, 4) is 11.5 Å². The Morgan fingerprint density at radius 2 is 1.93 bits per heavy atom. The van der Waals surface area contributed by atoms with Crippen molar-refractivity contribution in [1.29, 1.82) is 0 Å². The van der Waals surface area contributed by atoms with Gasteiger partial charge in [-0.1, -0.05) is 0 Å². The van der Waals surface area contributed by atoms with E-state index >= 15 is 0 Å². The van der Waals surface area contributed by atoms with Crippen LogP contribution in [0.5, 0.6) is 11.5 Å². The van der Waals surface area contributed by atoms with Crippen LogP contribution in [0.4, 0.5) is 0 Å². The van der Waals surface area contributed by atoms with Crippen molar-refractivity contribution in [2.75, 3.05) is 46.6 Å². The van der Waals surface area contributed by atoms with E-state index < -0.39 is 11.8 Å². The third-order valence-electron chi connectivity index (χ3n) is 3.80. The largest absolute Gasteiger partial charge is 0.490 e. The van der Waals surface area contributed by atoms with Gasteiger partial charge in [0, 0.05) is 20.1 Å². The van der Waals surface area contributed by atoms with E-state index in [0.717, 1.165) is 0 Å². The average molecular weight is 392 g/mol. The van der Waals surface area contributed by atoms with Gasteiger partial charge in [-0.3, -0.25) is 14.4 Å². The first-order valence-corrected chi connectivity index (χ1v) is 8.85. The number of carbonyl (C=O) groups is 3. The fourth-order valence-electron chi connectivity index (χ4n) is 2.37. The summed E-state index contributed by atoms with van der Waals surface area (Å²) < 4.78 is 16.4. The molecule has 0 aliphatic carbocycles. The fourth-order valence-corrected chi connectivity index (χ4v) is 2.37. The van der Waals surface area contributed by atoms with Crippen molar-refractivity contribution in [3.05, 3.63) is 23.8 Å². The van der Waals surface area contributed by atoms with Crippen LogP contribution in [0.15, 0.2) is 23.3 Å². The molecule has 1 heterocycles. The molecule has 0 radical (unpaired) electrons. The minimum atomic E-state index is -0.870. The van der Waals surface area contributed by atoms with Crippen LogP contribution in [0, 0.1) is 0 Å². The molecule has 0 bridgehead atoms. The Kier molecular flexibility index (Phi) is 8.22. The summed E-state index contributed by atoms with van der Waals surface area (Å²) in [5.41, 5.74) is 2.73. The second-order valence-corrected chi connectivity index (χ2v) is 5.70. The summed E-state index contributed by atoms with van der Waals surface area (Å²) in [6, 6.07) is 5.00. The number of hydrogen-bond acceptors (Lipinski definition) is 7. The average Bonchev–Trinajstić information content (AvgIpc) is 2.73. The summed E-state index contributed by atoms with van der Waals surface area (Å²) in [5.74, 6) is -0.909. The molecule has 1 aliphatic rings. The molecule has 3 amide bonds. The van der Waals surface area contributed by atoms with E-state index in [1.54, 1.807) is 23.1 Å². The van der Waals surface area contributed by atoms with Crippen LogP contribution >= 0.6 is 0 Å². The monoisotopic (exact) mass is 392 g/mol. The third kappa shape index (κ3) is 6.23. The predicted octanol–water partition coefficient (Wildman–Crippen LogP) is -0.481. The van der Waals surface area contributed by atoms with E-state index in [4.69, 9.17) is 14.2 Å². The summed E-state index contributed by atoms with van der Waals surface area (Å²) in [4.78, 5) is 36.3. The van der Waals surface area contributed by atoms with Crippen LogP contribution in [-0.2, 0) is 19.1 Å². The molecule has 2 rings (SSSR count). The summed E-state index contributed by atoms with van der Waals surface area (Å²) in [7, 11) is 1.35. The van der Waals surface area contributed by atoms with Gasteiger partial charge in [-0.2, -0.15) is 5.10 Å². The number of carbonyl (C=O) groups excluding carboxylic acids is 3. The Bertz CT molecular complexity index is 731. The maximum absolute atomic E-state index is 12.2. The van der Waals surface area contributed by atoms with Crippen LogP contribution in [0.2, 0.25) is 0 Å². The zero-order valence-electron chi connectivity index (χ0n) is 15.9. The molecule has 2 N–H and O–H groups in total. The lowest BCUT2D eigenvalue weighted by Crippen LogP contribution is -2.43. The highest BCUT2D eigenvalue weighted by Gasteiger charge is 2.18. The Morgan fingerprint density at radius 3 is 2.61 bits per heavy atom. The maximum atomic E-state index is 12.2. The lowest BCUT2D eigenvalue weighted by Gasteiger charge is -2.26. The molecular formula is C18H24N4O6. The Labute approximate surface area is 162 Å². The van der Waals surface area contributed by atoms with E-state index in [9.17, 15) is 14.4 Å². The van der Waals surface area contributed by atoms with E-state index in [-0.39, 0.29) is 12.5 Å². The predicted molar refractivity (Wildman–Crippen MR) is 100 cm³/mol. The highest BCUT2D eigenvalue weighted by atomic mass is 16.5. The molecule has 1 fully saturated rings. The van der Waals surface area contributed by atoms with Crippen LogP contribution in [0.25, 0.3) is 0 Å². The fraction of sp³-hybridized carbons (Fsp3) is 0.444. The first-order valence-electron chi connectivity index (χ1n) is 8.85. The zero-order valence-corrected chi connectivity index (χ0v) is 15.9. The number of nitrogens with one attached hydrogen (secondary N) is 2. The number of ether oxygens (including phenoxy) is 3. The van der Waals surface area contributed by atoms with Crippen molar-refractivity contribution >= 4 is 23.9 Å². The van der Waals surface area contributed by atoms with Gasteiger partial charge in [-0.25, -0.2) is 5.43 Å². The van der Waals surface area contributed by atoms with Gasteiger partial charge in [0.25, 0.3) is 5.91 Å². The molecule has 10 nitrogen and oxygen atoms in total. The lowest BCUT2D eigenvalue weighted by atomic mass is 10.2. The smallest absolute Gasteiger partial charge is 0.329 e. The van der Waals surface area contributed by atoms with Crippen LogP contribution in [-0.4, -0.2) is 75.4 Å². The maximum Gasteiger partial charge on any atom is 0.329 e. The highest BCUT2D eigenvalue weighted by molar-refractivity contribution is 6.34. The standard InChI is InChI=1S/C18H24N4O6/c1-3-27-15-10-13(11-20-21-18(25)17(24)19-2)4-5-14(15)28-12-16(23)22-6-8-26-9-7-22/h4-5,10-11H,3,6-9,12H2,1-2H3,(H,19,24)(H,21,25)/b20-11-. The SMILES string of the molecule is CCOc1cc(/C=N\NC(=O)C(=O)NC)ccc1OCC(=O)N1CCOCC1. The first-order chi connectivity index (χ1) is 13.5. The van der Waals surface area contributed by atoms with Crippen molar-refractivity contribution in [2.24, 2.45) is 5.10 Å². The summed E-state index contributed by atoms with van der Waals surface area (Å²) in [6.07, 6.45) is 1.37. The van der Waals surface area contributed by atoms with Gasteiger partial charge in [0.15, 0.2) is 18.1 Å². The minimum Gasteiger partial charge on any atom is -0.490 e.